The summed E-state index contributed by atoms with van der Waals surface area (Å²) in [6.07, 6.45) is 9.84. The number of anilines is 1. The molecule has 1 amide bonds. The highest BCUT2D eigenvalue weighted by Crippen LogP contribution is 2.66. The number of halogens is 2. The number of aromatic nitrogens is 3. The van der Waals surface area contributed by atoms with Crippen LogP contribution >= 0.6 is 0 Å². The topological polar surface area (TPSA) is 104 Å². The van der Waals surface area contributed by atoms with E-state index < -0.39 is 29.9 Å². The van der Waals surface area contributed by atoms with Crippen LogP contribution in [0.3, 0.4) is 0 Å². The number of carboxylic acid groups (broad SMARTS) is 1. The summed E-state index contributed by atoms with van der Waals surface area (Å²) >= 11 is 0. The lowest BCUT2D eigenvalue weighted by Gasteiger charge is -2.47. The van der Waals surface area contributed by atoms with E-state index in [0.717, 1.165) is 38.8 Å². The van der Waals surface area contributed by atoms with Crippen molar-refractivity contribution >= 4 is 33.6 Å². The van der Waals surface area contributed by atoms with Crippen LogP contribution in [0.15, 0.2) is 42.5 Å². The Morgan fingerprint density at radius 1 is 1.16 bits per heavy atom. The van der Waals surface area contributed by atoms with Crippen molar-refractivity contribution in [1.82, 2.24) is 24.8 Å². The maximum absolute atomic E-state index is 17.3. The van der Waals surface area contributed by atoms with Crippen molar-refractivity contribution < 1.29 is 28.2 Å². The van der Waals surface area contributed by atoms with Gasteiger partial charge in [0, 0.05) is 24.0 Å². The number of nitrogens with zero attached hydrogens (tertiary/aromatic N) is 6. The van der Waals surface area contributed by atoms with Crippen molar-refractivity contribution in [1.29, 1.82) is 0 Å². The molecule has 12 heteroatoms. The normalized spacial score (nSPS) is 28.5. The van der Waals surface area contributed by atoms with Gasteiger partial charge in [0.25, 0.3) is 0 Å². The van der Waals surface area contributed by atoms with Gasteiger partial charge in [0.05, 0.1) is 29.2 Å². The Balaban J connectivity index is 1.18. The third kappa shape index (κ3) is 4.12. The molecule has 5 unspecified atom stereocenters. The molecule has 7 heterocycles. The van der Waals surface area contributed by atoms with E-state index in [1.807, 2.05) is 6.92 Å². The molecule has 6 aliphatic rings. The van der Waals surface area contributed by atoms with E-state index in [-0.39, 0.29) is 51.7 Å². The molecular formula is C39H36F2N6O4. The largest absolute Gasteiger partial charge is 0.472 e. The molecule has 1 saturated carbocycles. The Bertz CT molecular complexity index is 2270. The van der Waals surface area contributed by atoms with E-state index in [4.69, 9.17) is 30.8 Å². The maximum atomic E-state index is 17.3. The van der Waals surface area contributed by atoms with Gasteiger partial charge in [-0.3, -0.25) is 9.80 Å². The zero-order valence-corrected chi connectivity index (χ0v) is 28.2. The Kier molecular flexibility index (Phi) is 6.34. The second-order valence-electron chi connectivity index (χ2n) is 15.3. The number of hydrogen-bond donors (Lipinski definition) is 1. The van der Waals surface area contributed by atoms with E-state index in [1.165, 1.54) is 16.5 Å². The predicted octanol–water partition coefficient (Wildman–Crippen LogP) is 6.15. The van der Waals surface area contributed by atoms with Gasteiger partial charge in [-0.15, -0.1) is 6.42 Å². The Hall–Kier alpha value is -5.02. The van der Waals surface area contributed by atoms with Crippen LogP contribution in [0.2, 0.25) is 0 Å². The summed E-state index contributed by atoms with van der Waals surface area (Å²) < 4.78 is 45.6. The van der Waals surface area contributed by atoms with Gasteiger partial charge in [-0.2, -0.15) is 9.97 Å². The average molecular weight is 691 g/mol. The number of amides is 1. The van der Waals surface area contributed by atoms with Gasteiger partial charge in [0.1, 0.15) is 40.9 Å². The van der Waals surface area contributed by atoms with Crippen LogP contribution in [-0.4, -0.2) is 92.0 Å². The van der Waals surface area contributed by atoms with Crippen LogP contribution in [-0.2, 0) is 0 Å². The number of pyridine rings is 1. The summed E-state index contributed by atoms with van der Waals surface area (Å²) in [5.41, 5.74) is 1.31. The molecule has 0 radical (unpaired) electrons. The van der Waals surface area contributed by atoms with Crippen LogP contribution in [0.1, 0.15) is 51.0 Å². The molecule has 4 saturated heterocycles. The molecule has 2 aromatic carbocycles. The number of ether oxygens (including phenoxy) is 2. The fourth-order valence-corrected chi connectivity index (χ4v) is 10.4. The molecular weight excluding hydrogens is 654 g/mol. The molecule has 10 rings (SSSR count). The van der Waals surface area contributed by atoms with E-state index in [0.29, 0.717) is 53.5 Å². The SMILES string of the molecule is C#Cc1c(F)ccc2cccc(-c3nc4c5c(nc(OCC67CC(=C)CN6CCC76CC6)nc5c3F)N3CC5CCC(C3C(C)O4)N5C(=O)O)c12. The van der Waals surface area contributed by atoms with Crippen molar-refractivity contribution in [3.05, 3.63) is 59.7 Å². The summed E-state index contributed by atoms with van der Waals surface area (Å²) in [5.74, 6) is 1.63. The molecule has 1 N–H and O–H groups in total. The van der Waals surface area contributed by atoms with Gasteiger partial charge >= 0.3 is 12.1 Å². The third-order valence-electron chi connectivity index (χ3n) is 12.8. The third-order valence-corrected chi connectivity index (χ3v) is 12.8. The van der Waals surface area contributed by atoms with Crippen LogP contribution < -0.4 is 14.4 Å². The number of rotatable bonds is 4. The van der Waals surface area contributed by atoms with Gasteiger partial charge in [-0.05, 0) is 68.9 Å². The number of hydrogen-bond acceptors (Lipinski definition) is 8. The van der Waals surface area contributed by atoms with Gasteiger partial charge in [0.15, 0.2) is 5.82 Å². The molecule has 2 aromatic heterocycles. The average Bonchev–Trinajstić information content (AvgIpc) is 3.69. The molecule has 10 nitrogen and oxygen atoms in total. The van der Waals surface area contributed by atoms with Crippen molar-refractivity contribution in [2.24, 2.45) is 5.41 Å². The van der Waals surface area contributed by atoms with E-state index in [2.05, 4.69) is 22.3 Å². The zero-order chi connectivity index (χ0) is 35.0. The quantitative estimate of drug-likeness (QED) is 0.200. The minimum Gasteiger partial charge on any atom is -0.472 e. The first-order valence-electron chi connectivity index (χ1n) is 17.7. The van der Waals surface area contributed by atoms with Crippen molar-refractivity contribution in [2.45, 2.75) is 75.2 Å². The van der Waals surface area contributed by atoms with Crippen LogP contribution in [0.5, 0.6) is 11.9 Å². The Morgan fingerprint density at radius 3 is 2.78 bits per heavy atom. The highest BCUT2D eigenvalue weighted by Gasteiger charge is 2.67. The molecule has 260 valence electrons. The number of carbonyl (C=O) groups is 1. The highest BCUT2D eigenvalue weighted by molar-refractivity contribution is 6.03. The van der Waals surface area contributed by atoms with Gasteiger partial charge in [-0.25, -0.2) is 18.6 Å². The first-order chi connectivity index (χ1) is 24.6. The maximum Gasteiger partial charge on any atom is 0.407 e. The summed E-state index contributed by atoms with van der Waals surface area (Å²) in [4.78, 5) is 33.1. The smallest absolute Gasteiger partial charge is 0.407 e. The summed E-state index contributed by atoms with van der Waals surface area (Å²) in [7, 11) is 0. The van der Waals surface area contributed by atoms with E-state index in [9.17, 15) is 9.90 Å². The van der Waals surface area contributed by atoms with Crippen LogP contribution in [0.25, 0.3) is 32.9 Å². The zero-order valence-electron chi connectivity index (χ0n) is 28.2. The predicted molar refractivity (Wildman–Crippen MR) is 186 cm³/mol. The lowest BCUT2D eigenvalue weighted by molar-refractivity contribution is 0.0643. The van der Waals surface area contributed by atoms with Gasteiger partial charge in [-0.1, -0.05) is 42.3 Å². The molecule has 51 heavy (non-hydrogen) atoms. The van der Waals surface area contributed by atoms with Crippen LogP contribution in [0.4, 0.5) is 19.4 Å². The first-order valence-corrected chi connectivity index (χ1v) is 17.7. The lowest BCUT2D eigenvalue weighted by Crippen LogP contribution is -2.64. The van der Waals surface area contributed by atoms with E-state index in [1.54, 1.807) is 24.3 Å². The summed E-state index contributed by atoms with van der Waals surface area (Å²) in [6.45, 7) is 8.71. The number of fused-ring (bicyclic) bond motifs is 8. The number of benzene rings is 2. The Labute approximate surface area is 293 Å². The molecule has 4 aromatic rings. The second kappa shape index (κ2) is 10.5. The summed E-state index contributed by atoms with van der Waals surface area (Å²) in [5, 5.41) is 11.5. The minimum absolute atomic E-state index is 0.00592. The van der Waals surface area contributed by atoms with Crippen molar-refractivity contribution in [3.8, 4) is 35.5 Å². The standard InChI is InChI=1S/C39H36F2N6O4/c1-4-24-26(40)10-8-22-6-5-7-25(28(22)24)31-30(41)32-29-34(44-36(43-32)50-19-39-16-20(2)17-45(39)15-14-38(39)12-13-38)46-18-23-9-11-27(47(23)37(48)49)33(46)21(3)51-35(29)42-31/h1,5-8,10,21,23,27,33H,2,9,11-19H2,3H3,(H,48,49). The molecule has 5 aliphatic heterocycles. The lowest BCUT2D eigenvalue weighted by atomic mass is 9.80. The van der Waals surface area contributed by atoms with Crippen LogP contribution in [0, 0.1) is 29.4 Å². The van der Waals surface area contributed by atoms with Gasteiger partial charge < -0.3 is 19.5 Å². The Morgan fingerprint density at radius 2 is 2.00 bits per heavy atom. The summed E-state index contributed by atoms with van der Waals surface area (Å²) in [6, 6.07) is 7.07. The van der Waals surface area contributed by atoms with Crippen molar-refractivity contribution in [3.63, 3.8) is 0 Å². The van der Waals surface area contributed by atoms with Crippen molar-refractivity contribution in [2.75, 3.05) is 31.1 Å². The molecule has 1 spiro atoms. The van der Waals surface area contributed by atoms with E-state index >= 15 is 8.78 Å². The fourth-order valence-electron chi connectivity index (χ4n) is 10.4. The fraction of sp³-hybridized carbons (Fsp3) is 0.436. The molecule has 2 bridgehead atoms. The molecule has 5 fully saturated rings. The second-order valence-corrected chi connectivity index (χ2v) is 15.3. The molecule has 5 atom stereocenters. The highest BCUT2D eigenvalue weighted by atomic mass is 19.1. The van der Waals surface area contributed by atoms with Gasteiger partial charge in [0.2, 0.25) is 5.88 Å². The number of terminal acetylenes is 1. The number of piperazine rings is 1. The first kappa shape index (κ1) is 30.8. The monoisotopic (exact) mass is 690 g/mol. The minimum atomic E-state index is -0.973. The molecule has 1 aliphatic carbocycles.